The van der Waals surface area contributed by atoms with Crippen molar-refractivity contribution in [3.8, 4) is 0 Å². The van der Waals surface area contributed by atoms with Crippen LogP contribution in [0.25, 0.3) is 0 Å². The summed E-state index contributed by atoms with van der Waals surface area (Å²) in [6.45, 7) is 0.520. The Kier molecular flexibility index (Phi) is 3.47. The average Bonchev–Trinajstić information content (AvgIpc) is 3.10. The quantitative estimate of drug-likeness (QED) is 0.855. The van der Waals surface area contributed by atoms with Gasteiger partial charge in [-0.2, -0.15) is 0 Å². The first-order chi connectivity index (χ1) is 9.67. The largest absolute Gasteiger partial charge is 0.465 e. The number of hydrogen-bond acceptors (Lipinski definition) is 3. The van der Waals surface area contributed by atoms with Crippen LogP contribution in [0.4, 0.5) is 0 Å². The fourth-order valence-corrected chi connectivity index (χ4v) is 3.14. The predicted octanol–water partition coefficient (Wildman–Crippen LogP) is 2.14. The summed E-state index contributed by atoms with van der Waals surface area (Å²) in [5.41, 5.74) is 1.52. The highest BCUT2D eigenvalue weighted by Crippen LogP contribution is 2.54. The van der Waals surface area contributed by atoms with E-state index in [1.54, 1.807) is 12.1 Å². The van der Waals surface area contributed by atoms with Crippen LogP contribution in [0.15, 0.2) is 24.3 Å². The predicted molar refractivity (Wildman–Crippen MR) is 73.9 cm³/mol. The van der Waals surface area contributed by atoms with Crippen molar-refractivity contribution >= 4 is 11.9 Å². The highest BCUT2D eigenvalue weighted by molar-refractivity contribution is 5.89. The number of methoxy groups -OCH3 is 1. The van der Waals surface area contributed by atoms with Gasteiger partial charge in [-0.3, -0.25) is 4.79 Å². The zero-order chi connectivity index (χ0) is 14.1. The third-order valence-electron chi connectivity index (χ3n) is 4.46. The first-order valence-electron chi connectivity index (χ1n) is 7.12. The number of ether oxygens (including phenoxy) is 1. The minimum absolute atomic E-state index is 0.175. The van der Waals surface area contributed by atoms with E-state index in [0.29, 0.717) is 12.1 Å². The summed E-state index contributed by atoms with van der Waals surface area (Å²) in [5.74, 6) is 1.70. The molecule has 0 aliphatic heterocycles. The van der Waals surface area contributed by atoms with Crippen LogP contribution >= 0.6 is 0 Å². The molecule has 2 atom stereocenters. The standard InChI is InChI=1S/C16H19NO3/c1-20-16(19)11-4-2-10(3-5-11)9-17-15(18)14-7-12-6-13(12)8-14/h2-5,12-14H,6-9H2,1H3,(H,17,18). The van der Waals surface area contributed by atoms with E-state index in [1.807, 2.05) is 12.1 Å². The van der Waals surface area contributed by atoms with E-state index in [0.717, 1.165) is 30.2 Å². The number of benzene rings is 1. The van der Waals surface area contributed by atoms with Gasteiger partial charge in [0.15, 0.2) is 0 Å². The molecule has 20 heavy (non-hydrogen) atoms. The van der Waals surface area contributed by atoms with Crippen LogP contribution in [0.5, 0.6) is 0 Å². The number of esters is 1. The van der Waals surface area contributed by atoms with E-state index < -0.39 is 0 Å². The molecule has 0 radical (unpaired) electrons. The van der Waals surface area contributed by atoms with Crippen molar-refractivity contribution in [1.29, 1.82) is 0 Å². The molecule has 2 saturated carbocycles. The van der Waals surface area contributed by atoms with Crippen LogP contribution in [-0.2, 0) is 16.1 Å². The zero-order valence-corrected chi connectivity index (χ0v) is 11.6. The minimum atomic E-state index is -0.342. The first-order valence-corrected chi connectivity index (χ1v) is 7.12. The summed E-state index contributed by atoms with van der Waals surface area (Å²) < 4.78 is 4.65. The van der Waals surface area contributed by atoms with E-state index in [-0.39, 0.29) is 17.8 Å². The summed E-state index contributed by atoms with van der Waals surface area (Å²) >= 11 is 0. The molecule has 2 aliphatic carbocycles. The van der Waals surface area contributed by atoms with Gasteiger partial charge in [0, 0.05) is 12.5 Å². The Bertz CT molecular complexity index is 513. The van der Waals surface area contributed by atoms with Crippen LogP contribution < -0.4 is 5.32 Å². The highest BCUT2D eigenvalue weighted by atomic mass is 16.5. The van der Waals surface area contributed by atoms with Crippen molar-refractivity contribution in [2.24, 2.45) is 17.8 Å². The molecule has 4 heteroatoms. The summed E-state index contributed by atoms with van der Waals surface area (Å²) in [6, 6.07) is 7.13. The van der Waals surface area contributed by atoms with Crippen molar-refractivity contribution in [2.75, 3.05) is 7.11 Å². The number of fused-ring (bicyclic) bond motifs is 1. The number of carbonyl (C=O) groups excluding carboxylic acids is 2. The summed E-state index contributed by atoms with van der Waals surface area (Å²) in [6.07, 6.45) is 3.47. The van der Waals surface area contributed by atoms with Gasteiger partial charge in [-0.1, -0.05) is 12.1 Å². The minimum Gasteiger partial charge on any atom is -0.465 e. The van der Waals surface area contributed by atoms with Crippen LogP contribution in [0, 0.1) is 17.8 Å². The maximum atomic E-state index is 12.0. The molecule has 0 bridgehead atoms. The summed E-state index contributed by atoms with van der Waals surface area (Å²) in [5, 5.41) is 2.99. The van der Waals surface area contributed by atoms with Crippen LogP contribution in [-0.4, -0.2) is 19.0 Å². The fourth-order valence-electron chi connectivity index (χ4n) is 3.14. The maximum Gasteiger partial charge on any atom is 0.337 e. The van der Waals surface area contributed by atoms with Crippen molar-refractivity contribution in [3.63, 3.8) is 0 Å². The topological polar surface area (TPSA) is 55.4 Å². The molecule has 0 spiro atoms. The lowest BCUT2D eigenvalue weighted by atomic mass is 10.0. The van der Waals surface area contributed by atoms with Gasteiger partial charge in [-0.15, -0.1) is 0 Å². The maximum absolute atomic E-state index is 12.0. The molecule has 2 fully saturated rings. The molecular formula is C16H19NO3. The number of amides is 1. The van der Waals surface area contributed by atoms with Gasteiger partial charge in [-0.25, -0.2) is 4.79 Å². The first kappa shape index (κ1) is 13.2. The molecule has 1 N–H and O–H groups in total. The molecule has 2 aliphatic rings. The highest BCUT2D eigenvalue weighted by Gasteiger charge is 2.47. The van der Waals surface area contributed by atoms with Gasteiger partial charge < -0.3 is 10.1 Å². The molecule has 2 unspecified atom stereocenters. The molecule has 4 nitrogen and oxygen atoms in total. The third kappa shape index (κ3) is 2.69. The van der Waals surface area contributed by atoms with Gasteiger partial charge in [0.25, 0.3) is 0 Å². The van der Waals surface area contributed by atoms with E-state index in [9.17, 15) is 9.59 Å². The van der Waals surface area contributed by atoms with Gasteiger partial charge in [0.1, 0.15) is 0 Å². The average molecular weight is 273 g/mol. The monoisotopic (exact) mass is 273 g/mol. The molecule has 0 saturated heterocycles. The molecule has 1 aromatic carbocycles. The summed E-state index contributed by atoms with van der Waals surface area (Å²) in [7, 11) is 1.36. The Morgan fingerprint density at radius 1 is 1.15 bits per heavy atom. The van der Waals surface area contributed by atoms with Gasteiger partial charge in [0.2, 0.25) is 5.91 Å². The molecule has 0 aromatic heterocycles. The van der Waals surface area contributed by atoms with E-state index >= 15 is 0 Å². The molecule has 1 amide bonds. The van der Waals surface area contributed by atoms with Crippen molar-refractivity contribution < 1.29 is 14.3 Å². The van der Waals surface area contributed by atoms with E-state index in [1.165, 1.54) is 13.5 Å². The Morgan fingerprint density at radius 3 is 2.40 bits per heavy atom. The summed E-state index contributed by atoms with van der Waals surface area (Å²) in [4.78, 5) is 23.3. The number of carbonyl (C=O) groups is 2. The van der Waals surface area contributed by atoms with Crippen molar-refractivity contribution in [2.45, 2.75) is 25.8 Å². The van der Waals surface area contributed by atoms with Gasteiger partial charge in [-0.05, 0) is 48.8 Å². The van der Waals surface area contributed by atoms with E-state index in [2.05, 4.69) is 10.1 Å². The lowest BCUT2D eigenvalue weighted by Crippen LogP contribution is -2.29. The number of rotatable bonds is 4. The van der Waals surface area contributed by atoms with Gasteiger partial charge >= 0.3 is 5.97 Å². The SMILES string of the molecule is COC(=O)c1ccc(CNC(=O)C2CC3CC3C2)cc1. The second kappa shape index (κ2) is 5.27. The van der Waals surface area contributed by atoms with Crippen LogP contribution in [0.1, 0.15) is 35.2 Å². The van der Waals surface area contributed by atoms with Crippen LogP contribution in [0.2, 0.25) is 0 Å². The van der Waals surface area contributed by atoms with Crippen molar-refractivity contribution in [3.05, 3.63) is 35.4 Å². The normalized spacial score (nSPS) is 26.8. The molecule has 1 aromatic rings. The lowest BCUT2D eigenvalue weighted by Gasteiger charge is -2.12. The molecule has 3 rings (SSSR count). The smallest absolute Gasteiger partial charge is 0.337 e. The third-order valence-corrected chi connectivity index (χ3v) is 4.46. The number of hydrogen-bond donors (Lipinski definition) is 1. The second-order valence-corrected chi connectivity index (χ2v) is 5.83. The Morgan fingerprint density at radius 2 is 1.80 bits per heavy atom. The zero-order valence-electron chi connectivity index (χ0n) is 11.6. The lowest BCUT2D eigenvalue weighted by molar-refractivity contribution is -0.125. The number of nitrogens with one attached hydrogen (secondary N) is 1. The molecule has 0 heterocycles. The fraction of sp³-hybridized carbons (Fsp3) is 0.500. The van der Waals surface area contributed by atoms with E-state index in [4.69, 9.17) is 0 Å². The molecule has 106 valence electrons. The van der Waals surface area contributed by atoms with Crippen molar-refractivity contribution in [1.82, 2.24) is 5.32 Å². The second-order valence-electron chi connectivity index (χ2n) is 5.83. The van der Waals surface area contributed by atoms with Gasteiger partial charge in [0.05, 0.1) is 12.7 Å². The Balaban J connectivity index is 1.50. The Labute approximate surface area is 118 Å². The molecular weight excluding hydrogens is 254 g/mol. The Hall–Kier alpha value is -1.84. The van der Waals surface area contributed by atoms with Crippen LogP contribution in [0.3, 0.4) is 0 Å².